The molecule has 2 atom stereocenters. The van der Waals surface area contributed by atoms with Crippen LogP contribution < -0.4 is 5.32 Å². The molecule has 2 unspecified atom stereocenters. The van der Waals surface area contributed by atoms with Crippen molar-refractivity contribution in [1.29, 1.82) is 0 Å². The van der Waals surface area contributed by atoms with Crippen LogP contribution in [0.5, 0.6) is 0 Å². The number of nitrogens with one attached hydrogen (secondary N) is 1. The highest BCUT2D eigenvalue weighted by Gasteiger charge is 2.36. The van der Waals surface area contributed by atoms with Crippen LogP contribution in [-0.2, 0) is 11.2 Å². The fraction of sp³-hybridized carbons (Fsp3) is 0.588. The number of thiazole rings is 1. The molecule has 1 fully saturated rings. The predicted molar refractivity (Wildman–Crippen MR) is 89.0 cm³/mol. The van der Waals surface area contributed by atoms with Gasteiger partial charge in [0.25, 0.3) is 0 Å². The minimum absolute atomic E-state index is 0.0634. The third kappa shape index (κ3) is 3.28. The normalized spacial score (nSPS) is 24.3. The van der Waals surface area contributed by atoms with Crippen molar-refractivity contribution in [2.75, 3.05) is 13.2 Å². The summed E-state index contributed by atoms with van der Waals surface area (Å²) < 4.78 is 7.42. The number of ether oxygens (including phenoxy) is 1. The van der Waals surface area contributed by atoms with E-state index >= 15 is 0 Å². The number of rotatable bonds is 5. The van der Waals surface area contributed by atoms with Gasteiger partial charge in [-0.3, -0.25) is 0 Å². The summed E-state index contributed by atoms with van der Waals surface area (Å²) in [6, 6.07) is 8.72. The van der Waals surface area contributed by atoms with E-state index < -0.39 is 0 Å². The maximum atomic E-state index is 6.14. The van der Waals surface area contributed by atoms with Crippen LogP contribution in [0.25, 0.3) is 10.2 Å². The molecule has 1 aliphatic rings. The molecule has 1 saturated heterocycles. The minimum atomic E-state index is -0.0634. The Labute approximate surface area is 130 Å². The second kappa shape index (κ2) is 6.42. The summed E-state index contributed by atoms with van der Waals surface area (Å²) in [4.78, 5) is 4.78. The van der Waals surface area contributed by atoms with Crippen LogP contribution in [0.3, 0.4) is 0 Å². The minimum Gasteiger partial charge on any atom is -0.374 e. The molecule has 21 heavy (non-hydrogen) atoms. The molecule has 1 aromatic carbocycles. The van der Waals surface area contributed by atoms with Gasteiger partial charge < -0.3 is 10.1 Å². The molecule has 0 saturated carbocycles. The highest BCUT2D eigenvalue weighted by molar-refractivity contribution is 7.18. The molecular weight excluding hydrogens is 280 g/mol. The van der Waals surface area contributed by atoms with Gasteiger partial charge in [-0.2, -0.15) is 0 Å². The fourth-order valence-corrected chi connectivity index (χ4v) is 4.18. The van der Waals surface area contributed by atoms with E-state index in [1.165, 1.54) is 22.5 Å². The lowest BCUT2D eigenvalue weighted by molar-refractivity contribution is -0.0881. The summed E-state index contributed by atoms with van der Waals surface area (Å²) in [5, 5.41) is 4.83. The van der Waals surface area contributed by atoms with Gasteiger partial charge >= 0.3 is 0 Å². The van der Waals surface area contributed by atoms with Crippen LogP contribution in [0.15, 0.2) is 24.3 Å². The van der Waals surface area contributed by atoms with Crippen LogP contribution >= 0.6 is 11.3 Å². The molecule has 3 rings (SSSR count). The van der Waals surface area contributed by atoms with Crippen LogP contribution in [0, 0.1) is 0 Å². The van der Waals surface area contributed by atoms with Crippen molar-refractivity contribution < 1.29 is 4.74 Å². The molecule has 1 N–H and O–H groups in total. The number of hydrogen-bond acceptors (Lipinski definition) is 4. The number of aromatic nitrogens is 1. The third-order valence-electron chi connectivity index (χ3n) is 4.40. The predicted octanol–water partition coefficient (Wildman–Crippen LogP) is 3.78. The van der Waals surface area contributed by atoms with Crippen LogP contribution in [-0.4, -0.2) is 29.8 Å². The molecule has 0 bridgehead atoms. The number of hydrogen-bond donors (Lipinski definition) is 1. The largest absolute Gasteiger partial charge is 0.374 e. The molecule has 114 valence electrons. The van der Waals surface area contributed by atoms with Gasteiger partial charge in [-0.25, -0.2) is 4.98 Å². The number of nitrogens with zero attached hydrogens (tertiary/aromatic N) is 1. The SMILES string of the molecule is CCNC(Cc1nc2ccccc2s1)C1(C)CCCCO1. The van der Waals surface area contributed by atoms with E-state index in [9.17, 15) is 0 Å². The van der Waals surface area contributed by atoms with E-state index in [0.717, 1.165) is 31.5 Å². The van der Waals surface area contributed by atoms with E-state index in [4.69, 9.17) is 9.72 Å². The second-order valence-electron chi connectivity index (χ2n) is 6.01. The average Bonchev–Trinajstić information content (AvgIpc) is 2.90. The molecule has 0 amide bonds. The van der Waals surface area contributed by atoms with Crippen LogP contribution in [0.2, 0.25) is 0 Å². The number of fused-ring (bicyclic) bond motifs is 1. The van der Waals surface area contributed by atoms with Crippen molar-refractivity contribution >= 4 is 21.6 Å². The molecule has 1 aliphatic heterocycles. The first-order valence-electron chi connectivity index (χ1n) is 7.93. The molecule has 1 aromatic heterocycles. The second-order valence-corrected chi connectivity index (χ2v) is 7.12. The summed E-state index contributed by atoms with van der Waals surface area (Å²) in [5.74, 6) is 0. The average molecular weight is 304 g/mol. The van der Waals surface area contributed by atoms with Crippen LogP contribution in [0.4, 0.5) is 0 Å². The van der Waals surface area contributed by atoms with E-state index in [2.05, 4.69) is 43.4 Å². The number of benzene rings is 1. The van der Waals surface area contributed by atoms with Gasteiger partial charge in [0.1, 0.15) is 0 Å². The molecule has 3 nitrogen and oxygen atoms in total. The highest BCUT2D eigenvalue weighted by atomic mass is 32.1. The first kappa shape index (κ1) is 14.9. The van der Waals surface area contributed by atoms with Gasteiger partial charge in [0.15, 0.2) is 0 Å². The molecule has 4 heteroatoms. The Morgan fingerprint density at radius 2 is 2.24 bits per heavy atom. The van der Waals surface area contributed by atoms with Crippen molar-refractivity contribution in [2.45, 2.75) is 51.2 Å². The van der Waals surface area contributed by atoms with Gasteiger partial charge in [0.2, 0.25) is 0 Å². The van der Waals surface area contributed by atoms with E-state index in [0.29, 0.717) is 6.04 Å². The van der Waals surface area contributed by atoms with Crippen molar-refractivity contribution in [3.05, 3.63) is 29.3 Å². The van der Waals surface area contributed by atoms with Crippen LogP contribution in [0.1, 0.15) is 38.1 Å². The molecule has 2 heterocycles. The highest BCUT2D eigenvalue weighted by Crippen LogP contribution is 2.31. The van der Waals surface area contributed by atoms with E-state index in [-0.39, 0.29) is 5.60 Å². The topological polar surface area (TPSA) is 34.2 Å². The Hall–Kier alpha value is -0.970. The van der Waals surface area contributed by atoms with Gasteiger partial charge in [0.05, 0.1) is 20.8 Å². The summed E-state index contributed by atoms with van der Waals surface area (Å²) in [5.41, 5.74) is 1.05. The van der Waals surface area contributed by atoms with Gasteiger partial charge in [-0.05, 0) is 44.9 Å². The monoisotopic (exact) mass is 304 g/mol. The third-order valence-corrected chi connectivity index (χ3v) is 5.46. The first-order valence-corrected chi connectivity index (χ1v) is 8.75. The molecule has 2 aromatic rings. The quantitative estimate of drug-likeness (QED) is 0.913. The summed E-state index contributed by atoms with van der Waals surface area (Å²) in [7, 11) is 0. The Bertz CT molecular complexity index is 556. The Kier molecular flexibility index (Phi) is 4.57. The summed E-state index contributed by atoms with van der Waals surface area (Å²) in [6.45, 7) is 6.27. The van der Waals surface area contributed by atoms with Gasteiger partial charge in [0, 0.05) is 19.1 Å². The zero-order chi connectivity index (χ0) is 14.7. The molecule has 0 radical (unpaired) electrons. The Morgan fingerprint density at radius 3 is 2.95 bits per heavy atom. The summed E-state index contributed by atoms with van der Waals surface area (Å²) in [6.07, 6.45) is 4.53. The fourth-order valence-electron chi connectivity index (χ4n) is 3.16. The zero-order valence-electron chi connectivity index (χ0n) is 12.9. The maximum absolute atomic E-state index is 6.14. The Balaban J connectivity index is 1.80. The smallest absolute Gasteiger partial charge is 0.0955 e. The lowest BCUT2D eigenvalue weighted by Crippen LogP contribution is -2.53. The summed E-state index contributed by atoms with van der Waals surface area (Å²) >= 11 is 1.81. The van der Waals surface area contributed by atoms with Gasteiger partial charge in [-0.1, -0.05) is 19.1 Å². The number of likely N-dealkylation sites (N-methyl/N-ethyl adjacent to an activating group) is 1. The first-order chi connectivity index (χ1) is 10.2. The zero-order valence-corrected chi connectivity index (χ0v) is 13.7. The number of para-hydroxylation sites is 1. The van der Waals surface area contributed by atoms with Gasteiger partial charge in [-0.15, -0.1) is 11.3 Å². The lowest BCUT2D eigenvalue weighted by Gasteiger charge is -2.40. The standard InChI is InChI=1S/C17H24N2OS/c1-3-18-15(17(2)10-6-7-11-20-17)12-16-19-13-8-4-5-9-14(13)21-16/h4-5,8-9,15,18H,3,6-7,10-12H2,1-2H3. The molecule has 0 spiro atoms. The Morgan fingerprint density at radius 1 is 1.38 bits per heavy atom. The van der Waals surface area contributed by atoms with E-state index in [1.54, 1.807) is 0 Å². The molecular formula is C17H24N2OS. The maximum Gasteiger partial charge on any atom is 0.0955 e. The van der Waals surface area contributed by atoms with Crippen molar-refractivity contribution in [1.82, 2.24) is 10.3 Å². The van der Waals surface area contributed by atoms with Crippen molar-refractivity contribution in [3.63, 3.8) is 0 Å². The van der Waals surface area contributed by atoms with E-state index in [1.807, 2.05) is 11.3 Å². The van der Waals surface area contributed by atoms with Crippen molar-refractivity contribution in [2.24, 2.45) is 0 Å². The van der Waals surface area contributed by atoms with Crippen molar-refractivity contribution in [3.8, 4) is 0 Å². The molecule has 0 aliphatic carbocycles. The lowest BCUT2D eigenvalue weighted by atomic mass is 9.86.